The number of carbonyl (C=O) groups is 1. The lowest BCUT2D eigenvalue weighted by Crippen LogP contribution is -2.42. The van der Waals surface area contributed by atoms with Gasteiger partial charge in [0, 0.05) is 31.2 Å². The number of nitrogens with zero attached hydrogens (tertiary/aromatic N) is 2. The molecule has 1 aliphatic rings. The average molecular weight is 286 g/mol. The van der Waals surface area contributed by atoms with E-state index in [0.29, 0.717) is 13.2 Å². The second-order valence-electron chi connectivity index (χ2n) is 5.31. The van der Waals surface area contributed by atoms with Gasteiger partial charge in [-0.15, -0.1) is 0 Å². The molecule has 1 aliphatic heterocycles. The van der Waals surface area contributed by atoms with Crippen molar-refractivity contribution in [2.75, 3.05) is 19.7 Å². The monoisotopic (exact) mass is 286 g/mol. The van der Waals surface area contributed by atoms with Gasteiger partial charge in [0.1, 0.15) is 0 Å². The van der Waals surface area contributed by atoms with Crippen LogP contribution in [0.3, 0.4) is 0 Å². The predicted octanol–water partition coefficient (Wildman–Crippen LogP) is 1.91. The van der Waals surface area contributed by atoms with Gasteiger partial charge >= 0.3 is 5.97 Å². The van der Waals surface area contributed by atoms with Crippen LogP contribution in [0, 0.1) is 0 Å². The van der Waals surface area contributed by atoms with Gasteiger partial charge in [0.2, 0.25) is 0 Å². The maximum atomic E-state index is 10.8. The molecule has 1 atom stereocenters. The smallest absolute Gasteiger partial charge is 0.306 e. The quantitative estimate of drug-likeness (QED) is 0.930. The highest BCUT2D eigenvalue weighted by Gasteiger charge is 2.23. The maximum absolute atomic E-state index is 10.8. The number of hydrogen-bond acceptors (Lipinski definition) is 4. The Morgan fingerprint density at radius 3 is 3.10 bits per heavy atom. The van der Waals surface area contributed by atoms with Crippen molar-refractivity contribution < 1.29 is 14.6 Å². The van der Waals surface area contributed by atoms with E-state index >= 15 is 0 Å². The molecule has 0 aliphatic carbocycles. The van der Waals surface area contributed by atoms with Crippen LogP contribution in [0.5, 0.6) is 0 Å². The van der Waals surface area contributed by atoms with Crippen molar-refractivity contribution in [2.24, 2.45) is 0 Å². The fourth-order valence-electron chi connectivity index (χ4n) is 2.78. The molecule has 1 fully saturated rings. The number of carboxylic acids is 1. The van der Waals surface area contributed by atoms with Gasteiger partial charge in [-0.1, -0.05) is 18.2 Å². The van der Waals surface area contributed by atoms with E-state index in [4.69, 9.17) is 9.84 Å². The van der Waals surface area contributed by atoms with E-state index in [1.165, 1.54) is 5.56 Å². The summed E-state index contributed by atoms with van der Waals surface area (Å²) >= 11 is 0. The van der Waals surface area contributed by atoms with E-state index in [0.717, 1.165) is 24.0 Å². The summed E-state index contributed by atoms with van der Waals surface area (Å²) in [6.07, 6.45) is 1.67. The molecule has 21 heavy (non-hydrogen) atoms. The maximum Gasteiger partial charge on any atom is 0.306 e. The van der Waals surface area contributed by atoms with Gasteiger partial charge in [-0.3, -0.25) is 14.7 Å². The number of pyridine rings is 1. The molecule has 2 heterocycles. The van der Waals surface area contributed by atoms with Gasteiger partial charge in [-0.05, 0) is 17.7 Å². The van der Waals surface area contributed by atoms with Crippen molar-refractivity contribution in [1.82, 2.24) is 9.88 Å². The Kier molecular flexibility index (Phi) is 4.13. The molecule has 0 spiro atoms. The lowest BCUT2D eigenvalue weighted by Gasteiger charge is -2.32. The standard InChI is InChI=1S/C16H18N2O3/c19-16(20)9-13-11-18(7-8-21-13)10-12-5-6-17-15-4-2-1-3-14(12)15/h1-6,13H,7-11H2,(H,19,20). The van der Waals surface area contributed by atoms with Crippen LogP contribution in [0.2, 0.25) is 0 Å². The molecule has 0 saturated carbocycles. The summed E-state index contributed by atoms with van der Waals surface area (Å²) in [5.41, 5.74) is 2.21. The zero-order valence-electron chi connectivity index (χ0n) is 11.7. The molecule has 3 rings (SSSR count). The molecule has 1 saturated heterocycles. The third-order valence-corrected chi connectivity index (χ3v) is 3.76. The lowest BCUT2D eigenvalue weighted by molar-refractivity contribution is -0.142. The Morgan fingerprint density at radius 1 is 1.38 bits per heavy atom. The largest absolute Gasteiger partial charge is 0.481 e. The van der Waals surface area contributed by atoms with Crippen LogP contribution in [0.15, 0.2) is 36.5 Å². The van der Waals surface area contributed by atoms with Gasteiger partial charge in [0.05, 0.1) is 24.6 Å². The first-order valence-corrected chi connectivity index (χ1v) is 7.11. The lowest BCUT2D eigenvalue weighted by atomic mass is 10.1. The normalized spacial score (nSPS) is 19.7. The Balaban J connectivity index is 1.74. The Morgan fingerprint density at radius 2 is 2.24 bits per heavy atom. The van der Waals surface area contributed by atoms with E-state index < -0.39 is 5.97 Å². The summed E-state index contributed by atoms with van der Waals surface area (Å²) < 4.78 is 5.51. The van der Waals surface area contributed by atoms with Gasteiger partial charge in [-0.2, -0.15) is 0 Å². The van der Waals surface area contributed by atoms with E-state index in [2.05, 4.69) is 16.0 Å². The molecule has 1 aromatic carbocycles. The second kappa shape index (κ2) is 6.20. The molecule has 1 N–H and O–H groups in total. The van der Waals surface area contributed by atoms with Crippen molar-refractivity contribution in [3.63, 3.8) is 0 Å². The number of ether oxygens (including phenoxy) is 1. The second-order valence-corrected chi connectivity index (χ2v) is 5.31. The molecule has 0 bridgehead atoms. The first-order valence-electron chi connectivity index (χ1n) is 7.11. The van der Waals surface area contributed by atoms with Gasteiger partial charge in [0.15, 0.2) is 0 Å². The zero-order valence-corrected chi connectivity index (χ0v) is 11.7. The van der Waals surface area contributed by atoms with Crippen LogP contribution < -0.4 is 0 Å². The number of para-hydroxylation sites is 1. The van der Waals surface area contributed by atoms with Gasteiger partial charge in [0.25, 0.3) is 0 Å². The van der Waals surface area contributed by atoms with E-state index in [1.54, 1.807) is 0 Å². The molecule has 1 aromatic heterocycles. The molecule has 0 radical (unpaired) electrons. The summed E-state index contributed by atoms with van der Waals surface area (Å²) in [5.74, 6) is -0.809. The SMILES string of the molecule is O=C(O)CC1CN(Cc2ccnc3ccccc23)CCO1. The van der Waals surface area contributed by atoms with E-state index in [9.17, 15) is 4.79 Å². The summed E-state index contributed by atoms with van der Waals surface area (Å²) in [6.45, 7) is 2.86. The van der Waals surface area contributed by atoms with Crippen LogP contribution in [0.1, 0.15) is 12.0 Å². The van der Waals surface area contributed by atoms with E-state index in [1.807, 2.05) is 30.5 Å². The highest BCUT2D eigenvalue weighted by atomic mass is 16.5. The van der Waals surface area contributed by atoms with Crippen molar-refractivity contribution in [3.05, 3.63) is 42.1 Å². The van der Waals surface area contributed by atoms with Crippen molar-refractivity contribution >= 4 is 16.9 Å². The predicted molar refractivity (Wildman–Crippen MR) is 79.0 cm³/mol. The highest BCUT2D eigenvalue weighted by Crippen LogP contribution is 2.19. The van der Waals surface area contributed by atoms with Crippen molar-refractivity contribution in [3.8, 4) is 0 Å². The number of fused-ring (bicyclic) bond motifs is 1. The van der Waals surface area contributed by atoms with Crippen LogP contribution in [-0.2, 0) is 16.1 Å². The molecule has 2 aromatic rings. The fourth-order valence-corrected chi connectivity index (χ4v) is 2.78. The number of carboxylic acid groups (broad SMARTS) is 1. The molecule has 0 amide bonds. The van der Waals surface area contributed by atoms with Crippen LogP contribution in [-0.4, -0.2) is 46.8 Å². The van der Waals surface area contributed by atoms with Gasteiger partial charge < -0.3 is 9.84 Å². The number of aromatic nitrogens is 1. The first-order chi connectivity index (χ1) is 10.2. The highest BCUT2D eigenvalue weighted by molar-refractivity contribution is 5.81. The molecule has 110 valence electrons. The minimum atomic E-state index is -0.809. The van der Waals surface area contributed by atoms with E-state index in [-0.39, 0.29) is 12.5 Å². The number of hydrogen-bond donors (Lipinski definition) is 1. The average Bonchev–Trinajstić information content (AvgIpc) is 2.47. The molecule has 5 nitrogen and oxygen atoms in total. The first kappa shape index (κ1) is 14.0. The number of benzene rings is 1. The minimum absolute atomic E-state index is 0.0631. The van der Waals surface area contributed by atoms with Crippen LogP contribution in [0.4, 0.5) is 0 Å². The van der Waals surface area contributed by atoms with Crippen molar-refractivity contribution in [1.29, 1.82) is 0 Å². The Hall–Kier alpha value is -1.98. The number of rotatable bonds is 4. The summed E-state index contributed by atoms with van der Waals surface area (Å²) in [6, 6.07) is 10.1. The Bertz CT molecular complexity index is 639. The third-order valence-electron chi connectivity index (χ3n) is 3.76. The van der Waals surface area contributed by atoms with Gasteiger partial charge in [-0.25, -0.2) is 0 Å². The summed E-state index contributed by atoms with van der Waals surface area (Å²) in [7, 11) is 0. The van der Waals surface area contributed by atoms with Crippen molar-refractivity contribution in [2.45, 2.75) is 19.1 Å². The molecular formula is C16H18N2O3. The van der Waals surface area contributed by atoms with Crippen LogP contribution in [0.25, 0.3) is 10.9 Å². The summed E-state index contributed by atoms with van der Waals surface area (Å²) in [5, 5.41) is 10.0. The fraction of sp³-hybridized carbons (Fsp3) is 0.375. The number of morpholine rings is 1. The summed E-state index contributed by atoms with van der Waals surface area (Å²) in [4.78, 5) is 17.4. The zero-order chi connectivity index (χ0) is 14.7. The topological polar surface area (TPSA) is 62.7 Å². The molecule has 1 unspecified atom stereocenters. The number of aliphatic carboxylic acids is 1. The Labute approximate surface area is 123 Å². The minimum Gasteiger partial charge on any atom is -0.481 e. The molecule has 5 heteroatoms. The third kappa shape index (κ3) is 3.37. The van der Waals surface area contributed by atoms with Crippen LogP contribution >= 0.6 is 0 Å². The molecular weight excluding hydrogens is 268 g/mol.